The fourth-order valence-electron chi connectivity index (χ4n) is 3.93. The van der Waals surface area contributed by atoms with Crippen LogP contribution in [0.3, 0.4) is 0 Å². The van der Waals surface area contributed by atoms with E-state index in [1.807, 2.05) is 25.1 Å². The number of rotatable bonds is 6. The van der Waals surface area contributed by atoms with E-state index in [9.17, 15) is 13.2 Å². The molecule has 2 heterocycles. The number of pyridine rings is 1. The average molecular weight is 459 g/mol. The van der Waals surface area contributed by atoms with E-state index in [1.165, 1.54) is 28.7 Å². The maximum atomic E-state index is 13.0. The molecule has 7 nitrogen and oxygen atoms in total. The normalized spacial score (nSPS) is 16.6. The lowest BCUT2D eigenvalue weighted by Crippen LogP contribution is -2.38. The molecule has 0 aliphatic heterocycles. The number of H-pyrrole nitrogens is 1. The lowest BCUT2D eigenvalue weighted by molar-refractivity contribution is 0.285. The molecule has 1 aliphatic carbocycles. The van der Waals surface area contributed by atoms with E-state index in [2.05, 4.69) is 15.0 Å². The Morgan fingerprint density at radius 2 is 1.87 bits per heavy atom. The maximum Gasteiger partial charge on any atom is 0.258 e. The van der Waals surface area contributed by atoms with E-state index in [-0.39, 0.29) is 21.7 Å². The van der Waals surface area contributed by atoms with Gasteiger partial charge in [-0.15, -0.1) is 0 Å². The Morgan fingerprint density at radius 1 is 1.13 bits per heavy atom. The summed E-state index contributed by atoms with van der Waals surface area (Å²) in [5, 5.41) is 1.07. The second kappa shape index (κ2) is 9.10. The maximum absolute atomic E-state index is 13.0. The summed E-state index contributed by atoms with van der Waals surface area (Å²) in [5.41, 5.74) is 0.474. The van der Waals surface area contributed by atoms with Crippen LogP contribution in [0.25, 0.3) is 10.9 Å². The van der Waals surface area contributed by atoms with Gasteiger partial charge in [-0.05, 0) is 44.0 Å². The number of sulfonamides is 1. The summed E-state index contributed by atoms with van der Waals surface area (Å²) in [4.78, 5) is 24.3. The predicted octanol–water partition coefficient (Wildman–Crippen LogP) is 4.12. The second-order valence-corrected chi connectivity index (χ2v) is 11.2. The van der Waals surface area contributed by atoms with Gasteiger partial charge < -0.3 is 4.98 Å². The van der Waals surface area contributed by atoms with Gasteiger partial charge >= 0.3 is 0 Å². The van der Waals surface area contributed by atoms with E-state index >= 15 is 0 Å². The van der Waals surface area contributed by atoms with Crippen LogP contribution < -0.4 is 5.56 Å². The van der Waals surface area contributed by atoms with Crippen molar-refractivity contribution in [2.75, 3.05) is 7.05 Å². The Morgan fingerprint density at radius 3 is 2.58 bits per heavy atom. The van der Waals surface area contributed by atoms with E-state index in [1.54, 1.807) is 25.2 Å². The molecular weight excluding hydrogens is 432 g/mol. The molecule has 31 heavy (non-hydrogen) atoms. The SMILES string of the molecule is C[C@@H](Sc1ccc(S(=O)(=O)N(C)C2CCCCC2)cn1)c1nc2ccccc2c(=O)[nH]1. The number of nitrogens with zero attached hydrogens (tertiary/aromatic N) is 3. The van der Waals surface area contributed by atoms with Crippen molar-refractivity contribution in [2.45, 2.75) is 60.2 Å². The van der Waals surface area contributed by atoms with Crippen LogP contribution in [-0.2, 0) is 10.0 Å². The van der Waals surface area contributed by atoms with Gasteiger partial charge in [-0.2, -0.15) is 4.31 Å². The Kier molecular flexibility index (Phi) is 6.45. The van der Waals surface area contributed by atoms with E-state index < -0.39 is 10.0 Å². The molecule has 9 heteroatoms. The van der Waals surface area contributed by atoms with Gasteiger partial charge in [0.05, 0.1) is 21.2 Å². The lowest BCUT2D eigenvalue weighted by atomic mass is 9.96. The van der Waals surface area contributed by atoms with Crippen LogP contribution in [0.15, 0.2) is 57.3 Å². The van der Waals surface area contributed by atoms with Gasteiger partial charge in [0.1, 0.15) is 10.7 Å². The highest BCUT2D eigenvalue weighted by atomic mass is 32.2. The third-order valence-corrected chi connectivity index (χ3v) is 8.74. The van der Waals surface area contributed by atoms with Gasteiger partial charge in [0, 0.05) is 19.3 Å². The van der Waals surface area contributed by atoms with Crippen molar-refractivity contribution in [3.63, 3.8) is 0 Å². The molecule has 0 radical (unpaired) electrons. The van der Waals surface area contributed by atoms with E-state index in [0.29, 0.717) is 21.8 Å². The standard InChI is InChI=1S/C22H26N4O3S2/c1-15(21-24-19-11-7-6-10-18(19)22(27)25-21)30-20-13-12-17(14-23-20)31(28,29)26(2)16-8-4-3-5-9-16/h6-7,10-16H,3-5,8-9H2,1-2H3,(H,24,25,27)/t15-/m1/s1. The number of aromatic amines is 1. The number of thioether (sulfide) groups is 1. The summed E-state index contributed by atoms with van der Waals surface area (Å²) < 4.78 is 27.5. The van der Waals surface area contributed by atoms with Gasteiger partial charge in [-0.25, -0.2) is 18.4 Å². The minimum Gasteiger partial charge on any atom is -0.309 e. The average Bonchev–Trinajstić information content (AvgIpc) is 2.79. The molecule has 1 aromatic carbocycles. The molecule has 3 aromatic rings. The Hall–Kier alpha value is -2.23. The van der Waals surface area contributed by atoms with Crippen LogP contribution in [0.1, 0.15) is 50.1 Å². The third-order valence-electron chi connectivity index (χ3n) is 5.79. The number of hydrogen-bond acceptors (Lipinski definition) is 6. The summed E-state index contributed by atoms with van der Waals surface area (Å²) >= 11 is 1.42. The van der Waals surface area contributed by atoms with Gasteiger partial charge in [-0.3, -0.25) is 4.79 Å². The summed E-state index contributed by atoms with van der Waals surface area (Å²) in [6, 6.07) is 10.6. The molecule has 2 aromatic heterocycles. The summed E-state index contributed by atoms with van der Waals surface area (Å²) in [6.45, 7) is 1.93. The van der Waals surface area contributed by atoms with E-state index in [4.69, 9.17) is 0 Å². The van der Waals surface area contributed by atoms with E-state index in [0.717, 1.165) is 25.7 Å². The zero-order chi connectivity index (χ0) is 22.0. The van der Waals surface area contributed by atoms with Crippen LogP contribution in [0, 0.1) is 0 Å². The van der Waals surface area contributed by atoms with Crippen molar-refractivity contribution in [1.29, 1.82) is 0 Å². The van der Waals surface area contributed by atoms with Gasteiger partial charge in [0.25, 0.3) is 5.56 Å². The fraction of sp³-hybridized carbons (Fsp3) is 0.409. The highest BCUT2D eigenvalue weighted by Crippen LogP contribution is 2.33. The van der Waals surface area contributed by atoms with Crippen molar-refractivity contribution in [3.8, 4) is 0 Å². The number of aromatic nitrogens is 3. The molecule has 1 fully saturated rings. The first-order valence-corrected chi connectivity index (χ1v) is 12.8. The van der Waals surface area contributed by atoms with Crippen molar-refractivity contribution < 1.29 is 8.42 Å². The number of hydrogen-bond donors (Lipinski definition) is 1. The van der Waals surface area contributed by atoms with Crippen LogP contribution >= 0.6 is 11.8 Å². The molecule has 4 rings (SSSR count). The van der Waals surface area contributed by atoms with Gasteiger partial charge in [-0.1, -0.05) is 43.2 Å². The number of para-hydroxylation sites is 1. The van der Waals surface area contributed by atoms with Gasteiger partial charge in [0.2, 0.25) is 10.0 Å². The first-order chi connectivity index (χ1) is 14.9. The fourth-order valence-corrected chi connectivity index (χ4v) is 6.14. The predicted molar refractivity (Wildman–Crippen MR) is 123 cm³/mol. The summed E-state index contributed by atoms with van der Waals surface area (Å²) in [5.74, 6) is 0.559. The van der Waals surface area contributed by atoms with Crippen LogP contribution in [-0.4, -0.2) is 40.8 Å². The summed E-state index contributed by atoms with van der Waals surface area (Å²) in [7, 11) is -1.90. The smallest absolute Gasteiger partial charge is 0.258 e. The van der Waals surface area contributed by atoms with Crippen LogP contribution in [0.5, 0.6) is 0 Å². The molecule has 164 valence electrons. The highest BCUT2D eigenvalue weighted by Gasteiger charge is 2.29. The number of fused-ring (bicyclic) bond motifs is 1. The molecule has 1 N–H and O–H groups in total. The topological polar surface area (TPSA) is 96.0 Å². The third kappa shape index (κ3) is 4.68. The minimum atomic E-state index is -3.56. The molecule has 1 aliphatic rings. The monoisotopic (exact) mass is 458 g/mol. The molecule has 0 amide bonds. The van der Waals surface area contributed by atoms with Crippen molar-refractivity contribution in [1.82, 2.24) is 19.3 Å². The first-order valence-electron chi connectivity index (χ1n) is 10.5. The molecule has 0 saturated heterocycles. The second-order valence-electron chi connectivity index (χ2n) is 7.87. The Labute approximate surface area is 186 Å². The highest BCUT2D eigenvalue weighted by molar-refractivity contribution is 7.99. The zero-order valence-corrected chi connectivity index (χ0v) is 19.2. The number of nitrogens with one attached hydrogen (secondary N) is 1. The molecule has 0 bridgehead atoms. The van der Waals surface area contributed by atoms with Crippen molar-refractivity contribution in [3.05, 3.63) is 58.8 Å². The Bertz CT molecular complexity index is 1220. The molecule has 0 spiro atoms. The minimum absolute atomic E-state index is 0.0589. The van der Waals surface area contributed by atoms with Crippen molar-refractivity contribution >= 4 is 32.7 Å². The lowest BCUT2D eigenvalue weighted by Gasteiger charge is -2.30. The quantitative estimate of drug-likeness (QED) is 0.558. The largest absolute Gasteiger partial charge is 0.309 e. The number of benzene rings is 1. The molecular formula is C22H26N4O3S2. The molecule has 1 saturated carbocycles. The van der Waals surface area contributed by atoms with Crippen LogP contribution in [0.4, 0.5) is 0 Å². The molecule has 1 atom stereocenters. The van der Waals surface area contributed by atoms with Gasteiger partial charge in [0.15, 0.2) is 0 Å². The zero-order valence-electron chi connectivity index (χ0n) is 17.6. The van der Waals surface area contributed by atoms with Crippen molar-refractivity contribution in [2.24, 2.45) is 0 Å². The molecule has 0 unspecified atom stereocenters. The van der Waals surface area contributed by atoms with Crippen LogP contribution in [0.2, 0.25) is 0 Å². The first kappa shape index (κ1) is 22.0. The Balaban J connectivity index is 1.50. The summed E-state index contributed by atoms with van der Waals surface area (Å²) in [6.07, 6.45) is 6.55.